The van der Waals surface area contributed by atoms with E-state index in [9.17, 15) is 9.59 Å². The van der Waals surface area contributed by atoms with Crippen molar-refractivity contribution in [2.45, 2.75) is 57.0 Å². The normalized spacial score (nSPS) is 34.3. The molecule has 1 atom stereocenters. The summed E-state index contributed by atoms with van der Waals surface area (Å²) in [6.45, 7) is 3.59. The lowest BCUT2D eigenvalue weighted by Crippen LogP contribution is -2.50. The van der Waals surface area contributed by atoms with Crippen LogP contribution in [0.4, 0.5) is 4.79 Å². The molecule has 6 heteroatoms. The molecule has 1 aromatic rings. The average Bonchev–Trinajstić information content (AvgIpc) is 3.28. The molecular formula is C18H25N3O2S. The molecule has 130 valence electrons. The Labute approximate surface area is 147 Å². The third-order valence-electron chi connectivity index (χ3n) is 5.93. The van der Waals surface area contributed by atoms with Crippen LogP contribution in [0.5, 0.6) is 0 Å². The van der Waals surface area contributed by atoms with Gasteiger partial charge in [0.1, 0.15) is 5.54 Å². The van der Waals surface area contributed by atoms with E-state index in [-0.39, 0.29) is 11.9 Å². The summed E-state index contributed by atoms with van der Waals surface area (Å²) in [5.74, 6) is 0.646. The Kier molecular flexibility index (Phi) is 4.12. The molecule has 1 aromatic heterocycles. The van der Waals surface area contributed by atoms with E-state index in [2.05, 4.69) is 34.7 Å². The maximum atomic E-state index is 13.0. The minimum atomic E-state index is -0.623. The minimum Gasteiger partial charge on any atom is -0.323 e. The zero-order chi connectivity index (χ0) is 16.7. The fraction of sp³-hybridized carbons (Fsp3) is 0.667. The van der Waals surface area contributed by atoms with Gasteiger partial charge >= 0.3 is 6.03 Å². The van der Waals surface area contributed by atoms with E-state index in [1.807, 2.05) is 0 Å². The third kappa shape index (κ3) is 2.65. The number of carbonyl (C=O) groups is 2. The van der Waals surface area contributed by atoms with Crippen LogP contribution in [0.3, 0.4) is 0 Å². The van der Waals surface area contributed by atoms with Crippen LogP contribution in [0.1, 0.15) is 56.4 Å². The summed E-state index contributed by atoms with van der Waals surface area (Å²) in [6.07, 6.45) is 5.82. The minimum absolute atomic E-state index is 0.00349. The molecule has 0 aromatic carbocycles. The van der Waals surface area contributed by atoms with Crippen LogP contribution >= 0.6 is 11.3 Å². The number of imide groups is 1. The summed E-state index contributed by atoms with van der Waals surface area (Å²) in [4.78, 5) is 30.6. The van der Waals surface area contributed by atoms with Crippen molar-refractivity contribution in [3.63, 3.8) is 0 Å². The van der Waals surface area contributed by atoms with Gasteiger partial charge in [-0.1, -0.05) is 13.0 Å². The van der Waals surface area contributed by atoms with Gasteiger partial charge in [0.2, 0.25) is 0 Å². The zero-order valence-electron chi connectivity index (χ0n) is 14.2. The number of likely N-dealkylation sites (tertiary alicyclic amines) is 1. The number of amides is 3. The van der Waals surface area contributed by atoms with Crippen LogP contribution in [0.15, 0.2) is 17.5 Å². The molecule has 1 saturated carbocycles. The highest BCUT2D eigenvalue weighted by Gasteiger charge is 2.52. The van der Waals surface area contributed by atoms with E-state index in [0.29, 0.717) is 18.6 Å². The number of rotatable bonds is 3. The summed E-state index contributed by atoms with van der Waals surface area (Å²) in [6, 6.07) is 4.37. The Morgan fingerprint density at radius 2 is 2.08 bits per heavy atom. The Balaban J connectivity index is 1.48. The molecule has 4 rings (SSSR count). The van der Waals surface area contributed by atoms with Crippen molar-refractivity contribution in [2.24, 2.45) is 5.92 Å². The Hall–Kier alpha value is -1.40. The molecule has 1 spiro atoms. The topological polar surface area (TPSA) is 52.7 Å². The monoisotopic (exact) mass is 347 g/mol. The predicted octanol–water partition coefficient (Wildman–Crippen LogP) is 3.34. The van der Waals surface area contributed by atoms with Gasteiger partial charge in [0.25, 0.3) is 5.91 Å². The highest BCUT2D eigenvalue weighted by atomic mass is 32.1. The molecule has 3 amide bonds. The molecule has 1 aliphatic carbocycles. The van der Waals surface area contributed by atoms with Gasteiger partial charge < -0.3 is 5.32 Å². The van der Waals surface area contributed by atoms with Gasteiger partial charge in [-0.2, -0.15) is 0 Å². The molecule has 2 saturated heterocycles. The van der Waals surface area contributed by atoms with Crippen molar-refractivity contribution in [3.05, 3.63) is 22.4 Å². The first kappa shape index (κ1) is 16.1. The first-order valence-electron chi connectivity index (χ1n) is 9.01. The fourth-order valence-corrected chi connectivity index (χ4v) is 5.27. The first-order valence-corrected chi connectivity index (χ1v) is 9.89. The second-order valence-electron chi connectivity index (χ2n) is 7.56. The number of nitrogens with one attached hydrogen (secondary N) is 1. The van der Waals surface area contributed by atoms with E-state index in [0.717, 1.165) is 45.1 Å². The summed E-state index contributed by atoms with van der Waals surface area (Å²) in [7, 11) is 0. The molecule has 3 aliphatic rings. The van der Waals surface area contributed by atoms with Crippen LogP contribution < -0.4 is 5.32 Å². The lowest BCUT2D eigenvalue weighted by Gasteiger charge is -2.34. The fourth-order valence-electron chi connectivity index (χ4n) is 4.38. The zero-order valence-corrected chi connectivity index (χ0v) is 15.0. The van der Waals surface area contributed by atoms with Gasteiger partial charge in [0, 0.05) is 17.5 Å². The molecule has 1 N–H and O–H groups in total. The van der Waals surface area contributed by atoms with Gasteiger partial charge in [-0.3, -0.25) is 9.69 Å². The smallest absolute Gasteiger partial charge is 0.323 e. The maximum Gasteiger partial charge on any atom is 0.326 e. The molecule has 0 bridgehead atoms. The summed E-state index contributed by atoms with van der Waals surface area (Å²) < 4.78 is 0. The molecular weight excluding hydrogens is 322 g/mol. The number of hydrogen-bond donors (Lipinski definition) is 1. The third-order valence-corrected chi connectivity index (χ3v) is 6.91. The first-order chi connectivity index (χ1) is 11.6. The predicted molar refractivity (Wildman–Crippen MR) is 93.6 cm³/mol. The Morgan fingerprint density at radius 1 is 1.29 bits per heavy atom. The molecule has 24 heavy (non-hydrogen) atoms. The van der Waals surface area contributed by atoms with E-state index in [1.54, 1.807) is 11.3 Å². The lowest BCUT2D eigenvalue weighted by atomic mass is 9.77. The van der Waals surface area contributed by atoms with Gasteiger partial charge in [-0.05, 0) is 55.9 Å². The number of thiophene rings is 1. The number of nitrogens with zero attached hydrogens (tertiary/aromatic N) is 2. The van der Waals surface area contributed by atoms with Crippen molar-refractivity contribution in [3.8, 4) is 0 Å². The average molecular weight is 347 g/mol. The highest BCUT2D eigenvalue weighted by molar-refractivity contribution is 7.10. The molecule has 3 fully saturated rings. The van der Waals surface area contributed by atoms with Crippen molar-refractivity contribution >= 4 is 23.3 Å². The Bertz CT molecular complexity index is 622. The second-order valence-corrected chi connectivity index (χ2v) is 8.53. The molecule has 3 heterocycles. The molecule has 2 aliphatic heterocycles. The van der Waals surface area contributed by atoms with Gasteiger partial charge in [-0.15, -0.1) is 11.3 Å². The van der Waals surface area contributed by atoms with Crippen LogP contribution in [0.25, 0.3) is 0 Å². The highest BCUT2D eigenvalue weighted by Crippen LogP contribution is 2.38. The van der Waals surface area contributed by atoms with Crippen LogP contribution in [0.2, 0.25) is 0 Å². The second kappa shape index (κ2) is 6.15. The Morgan fingerprint density at radius 3 is 2.79 bits per heavy atom. The van der Waals surface area contributed by atoms with Crippen LogP contribution in [-0.2, 0) is 4.79 Å². The van der Waals surface area contributed by atoms with Gasteiger partial charge in [-0.25, -0.2) is 9.69 Å². The van der Waals surface area contributed by atoms with E-state index >= 15 is 0 Å². The van der Waals surface area contributed by atoms with Crippen molar-refractivity contribution in [1.29, 1.82) is 0 Å². The van der Waals surface area contributed by atoms with Crippen LogP contribution in [-0.4, -0.2) is 40.5 Å². The SMILES string of the molecule is CC1CCC2(CC1)NC(=O)N(CN1CCC[C@@H]1c1cccs1)C2=O. The van der Waals surface area contributed by atoms with E-state index in [4.69, 9.17) is 0 Å². The quantitative estimate of drug-likeness (QED) is 0.853. The molecule has 5 nitrogen and oxygen atoms in total. The van der Waals surface area contributed by atoms with Crippen molar-refractivity contribution < 1.29 is 9.59 Å². The van der Waals surface area contributed by atoms with Gasteiger partial charge in [0.15, 0.2) is 0 Å². The van der Waals surface area contributed by atoms with E-state index < -0.39 is 5.54 Å². The van der Waals surface area contributed by atoms with Crippen LogP contribution in [0, 0.1) is 5.92 Å². The molecule has 0 unspecified atom stereocenters. The largest absolute Gasteiger partial charge is 0.326 e. The number of urea groups is 1. The summed E-state index contributed by atoms with van der Waals surface area (Å²) >= 11 is 1.76. The van der Waals surface area contributed by atoms with E-state index in [1.165, 1.54) is 9.78 Å². The maximum absolute atomic E-state index is 13.0. The van der Waals surface area contributed by atoms with Crippen molar-refractivity contribution in [2.75, 3.05) is 13.2 Å². The molecule has 0 radical (unpaired) electrons. The number of carbonyl (C=O) groups excluding carboxylic acids is 2. The summed E-state index contributed by atoms with van der Waals surface area (Å²) in [5.41, 5.74) is -0.623. The lowest BCUT2D eigenvalue weighted by molar-refractivity contribution is -0.134. The van der Waals surface area contributed by atoms with Crippen molar-refractivity contribution in [1.82, 2.24) is 15.1 Å². The standard InChI is InChI=1S/C18H25N3O2S/c1-13-6-8-18(9-7-13)16(22)21(17(23)19-18)12-20-10-2-4-14(20)15-5-3-11-24-15/h3,5,11,13-14H,2,4,6-10,12H2,1H3,(H,19,23)/t13?,14-,18?/m1/s1. The van der Waals surface area contributed by atoms with Gasteiger partial charge in [0.05, 0.1) is 6.67 Å². The summed E-state index contributed by atoms with van der Waals surface area (Å²) in [5, 5.41) is 5.12. The number of hydrogen-bond acceptors (Lipinski definition) is 4.